The third-order valence-electron chi connectivity index (χ3n) is 4.32. The number of nitro benzene ring substituents is 1. The van der Waals surface area contributed by atoms with Crippen LogP contribution in [0.15, 0.2) is 47.3 Å². The van der Waals surface area contributed by atoms with E-state index in [0.29, 0.717) is 28.4 Å². The van der Waals surface area contributed by atoms with E-state index in [1.54, 1.807) is 30.5 Å². The number of hydrogen-bond acceptors (Lipinski definition) is 7. The average Bonchev–Trinajstić information content (AvgIpc) is 3.21. The van der Waals surface area contributed by atoms with E-state index in [1.165, 1.54) is 40.8 Å². The molecule has 146 valence electrons. The second kappa shape index (κ2) is 7.91. The van der Waals surface area contributed by atoms with Crippen molar-refractivity contribution < 1.29 is 28.3 Å². The highest BCUT2D eigenvalue weighted by Crippen LogP contribution is 2.44. The fourth-order valence-electron chi connectivity index (χ4n) is 2.98. The van der Waals surface area contributed by atoms with Gasteiger partial charge in [0.1, 0.15) is 0 Å². The molecule has 0 amide bonds. The van der Waals surface area contributed by atoms with Gasteiger partial charge in [0.15, 0.2) is 17.2 Å². The van der Waals surface area contributed by atoms with Crippen molar-refractivity contribution in [3.8, 4) is 45.3 Å². The van der Waals surface area contributed by atoms with Crippen LogP contribution in [0.5, 0.6) is 23.0 Å². The molecule has 8 heteroatoms. The monoisotopic (exact) mass is 385 g/mol. The van der Waals surface area contributed by atoms with Crippen LogP contribution in [0.4, 0.5) is 5.69 Å². The van der Waals surface area contributed by atoms with Gasteiger partial charge in [-0.3, -0.25) is 10.1 Å². The summed E-state index contributed by atoms with van der Waals surface area (Å²) in [6.45, 7) is 0. The van der Waals surface area contributed by atoms with E-state index in [9.17, 15) is 10.1 Å². The highest BCUT2D eigenvalue weighted by molar-refractivity contribution is 5.85. The Bertz CT molecular complexity index is 985. The second-order valence-electron chi connectivity index (χ2n) is 5.76. The number of methoxy groups -OCH3 is 4. The maximum Gasteiger partial charge on any atom is 0.311 e. The Morgan fingerprint density at radius 2 is 1.36 bits per heavy atom. The third-order valence-corrected chi connectivity index (χ3v) is 4.32. The Kier molecular flexibility index (Phi) is 5.39. The summed E-state index contributed by atoms with van der Waals surface area (Å²) in [5.41, 5.74) is 2.64. The minimum Gasteiger partial charge on any atom is -0.493 e. The van der Waals surface area contributed by atoms with Gasteiger partial charge in [-0.15, -0.1) is 0 Å². The zero-order chi connectivity index (χ0) is 20.3. The molecule has 0 spiro atoms. The van der Waals surface area contributed by atoms with Gasteiger partial charge in [-0.05, 0) is 29.3 Å². The summed E-state index contributed by atoms with van der Waals surface area (Å²) in [5.74, 6) is 1.64. The van der Waals surface area contributed by atoms with Gasteiger partial charge in [0.25, 0.3) is 0 Å². The first-order chi connectivity index (χ1) is 13.5. The fraction of sp³-hybridized carbons (Fsp3) is 0.200. The van der Waals surface area contributed by atoms with Crippen LogP contribution in [-0.4, -0.2) is 33.4 Å². The number of benzene rings is 2. The lowest BCUT2D eigenvalue weighted by Crippen LogP contribution is -1.96. The molecule has 2 aromatic carbocycles. The van der Waals surface area contributed by atoms with Crippen LogP contribution >= 0.6 is 0 Å². The molecule has 0 saturated heterocycles. The SMILES string of the molecule is COc1ccc(-c2cocc2-c2cc(OC)c(OC)c(OC)c2)cc1[N+](=O)[O-]. The van der Waals surface area contributed by atoms with E-state index in [1.807, 2.05) is 0 Å². The molecular formula is C20H19NO7. The number of ether oxygens (including phenoxy) is 4. The lowest BCUT2D eigenvalue weighted by Gasteiger charge is -2.14. The molecule has 3 aromatic rings. The van der Waals surface area contributed by atoms with Crippen LogP contribution in [0.3, 0.4) is 0 Å². The Morgan fingerprint density at radius 3 is 1.86 bits per heavy atom. The maximum atomic E-state index is 11.4. The molecule has 0 fully saturated rings. The van der Waals surface area contributed by atoms with Crippen LogP contribution in [0.25, 0.3) is 22.3 Å². The summed E-state index contributed by atoms with van der Waals surface area (Å²) >= 11 is 0. The summed E-state index contributed by atoms with van der Waals surface area (Å²) in [4.78, 5) is 10.9. The van der Waals surface area contributed by atoms with Gasteiger partial charge >= 0.3 is 5.69 Å². The molecule has 0 aliphatic carbocycles. The predicted molar refractivity (Wildman–Crippen MR) is 102 cm³/mol. The van der Waals surface area contributed by atoms with Crippen molar-refractivity contribution in [1.29, 1.82) is 0 Å². The molecular weight excluding hydrogens is 366 g/mol. The average molecular weight is 385 g/mol. The van der Waals surface area contributed by atoms with Crippen LogP contribution < -0.4 is 18.9 Å². The first-order valence-corrected chi connectivity index (χ1v) is 8.23. The standard InChI is InChI=1S/C20H19NO7/c1-24-17-6-5-12(7-16(17)21(22)23)14-10-28-11-15(14)13-8-18(25-2)20(27-4)19(9-13)26-3/h5-11H,1-4H3. The molecule has 0 radical (unpaired) electrons. The summed E-state index contributed by atoms with van der Waals surface area (Å²) in [7, 11) is 5.98. The zero-order valence-electron chi connectivity index (χ0n) is 15.8. The van der Waals surface area contributed by atoms with Gasteiger partial charge in [0, 0.05) is 17.2 Å². The molecule has 0 aliphatic heterocycles. The Morgan fingerprint density at radius 1 is 0.786 bits per heavy atom. The fourth-order valence-corrected chi connectivity index (χ4v) is 2.98. The van der Waals surface area contributed by atoms with E-state index in [-0.39, 0.29) is 11.4 Å². The highest BCUT2D eigenvalue weighted by Gasteiger charge is 2.20. The lowest BCUT2D eigenvalue weighted by molar-refractivity contribution is -0.385. The van der Waals surface area contributed by atoms with Crippen molar-refractivity contribution in [2.45, 2.75) is 0 Å². The maximum absolute atomic E-state index is 11.4. The third kappa shape index (κ3) is 3.32. The van der Waals surface area contributed by atoms with Crippen molar-refractivity contribution in [2.75, 3.05) is 28.4 Å². The van der Waals surface area contributed by atoms with E-state index < -0.39 is 4.92 Å². The summed E-state index contributed by atoms with van der Waals surface area (Å²) in [6.07, 6.45) is 3.09. The number of nitro groups is 1. The summed E-state index contributed by atoms with van der Waals surface area (Å²) in [5, 5.41) is 11.4. The normalized spacial score (nSPS) is 10.4. The van der Waals surface area contributed by atoms with Crippen LogP contribution in [0.2, 0.25) is 0 Å². The molecule has 0 bridgehead atoms. The van der Waals surface area contributed by atoms with Crippen LogP contribution in [0.1, 0.15) is 0 Å². The van der Waals surface area contributed by atoms with Crippen molar-refractivity contribution in [1.82, 2.24) is 0 Å². The van der Waals surface area contributed by atoms with E-state index >= 15 is 0 Å². The van der Waals surface area contributed by atoms with Gasteiger partial charge in [0.2, 0.25) is 5.75 Å². The van der Waals surface area contributed by atoms with E-state index in [4.69, 9.17) is 23.4 Å². The molecule has 0 aliphatic rings. The molecule has 0 saturated carbocycles. The molecule has 8 nitrogen and oxygen atoms in total. The number of furan rings is 1. The molecule has 1 heterocycles. The molecule has 0 unspecified atom stereocenters. The van der Waals surface area contributed by atoms with Crippen molar-refractivity contribution in [3.63, 3.8) is 0 Å². The smallest absolute Gasteiger partial charge is 0.311 e. The quantitative estimate of drug-likeness (QED) is 0.435. The molecule has 28 heavy (non-hydrogen) atoms. The minimum absolute atomic E-state index is 0.128. The minimum atomic E-state index is -0.485. The zero-order valence-corrected chi connectivity index (χ0v) is 15.8. The van der Waals surface area contributed by atoms with Gasteiger partial charge in [0.05, 0.1) is 45.9 Å². The molecule has 1 aromatic heterocycles. The number of hydrogen-bond donors (Lipinski definition) is 0. The largest absolute Gasteiger partial charge is 0.493 e. The summed E-state index contributed by atoms with van der Waals surface area (Å²) in [6, 6.07) is 8.31. The number of rotatable bonds is 7. The van der Waals surface area contributed by atoms with Crippen LogP contribution in [0, 0.1) is 10.1 Å². The van der Waals surface area contributed by atoms with E-state index in [2.05, 4.69) is 0 Å². The van der Waals surface area contributed by atoms with Gasteiger partial charge in [-0.2, -0.15) is 0 Å². The Labute approximate surface area is 161 Å². The highest BCUT2D eigenvalue weighted by atomic mass is 16.6. The summed E-state index contributed by atoms with van der Waals surface area (Å²) < 4.78 is 26.6. The van der Waals surface area contributed by atoms with Crippen LogP contribution in [-0.2, 0) is 0 Å². The molecule has 3 rings (SSSR count). The van der Waals surface area contributed by atoms with Crippen molar-refractivity contribution in [2.24, 2.45) is 0 Å². The van der Waals surface area contributed by atoms with Gasteiger partial charge in [-0.1, -0.05) is 6.07 Å². The van der Waals surface area contributed by atoms with Gasteiger partial charge < -0.3 is 23.4 Å². The first kappa shape index (κ1) is 19.1. The Hall–Kier alpha value is -3.68. The second-order valence-corrected chi connectivity index (χ2v) is 5.76. The number of nitrogens with zero attached hydrogens (tertiary/aromatic N) is 1. The first-order valence-electron chi connectivity index (χ1n) is 8.23. The van der Waals surface area contributed by atoms with Crippen molar-refractivity contribution >= 4 is 5.69 Å². The van der Waals surface area contributed by atoms with Gasteiger partial charge in [-0.25, -0.2) is 0 Å². The molecule has 0 atom stereocenters. The lowest BCUT2D eigenvalue weighted by atomic mass is 9.98. The molecule has 0 N–H and O–H groups in total. The van der Waals surface area contributed by atoms with E-state index in [0.717, 1.165) is 11.1 Å². The Balaban J connectivity index is 2.16. The predicted octanol–water partition coefficient (Wildman–Crippen LogP) is 4.56. The van der Waals surface area contributed by atoms with Crippen molar-refractivity contribution in [3.05, 3.63) is 53.0 Å². The topological polar surface area (TPSA) is 93.2 Å².